The van der Waals surface area contributed by atoms with Gasteiger partial charge in [0.05, 0.1) is 29.8 Å². The Morgan fingerprint density at radius 2 is 1.84 bits per heavy atom. The van der Waals surface area contributed by atoms with Gasteiger partial charge in [-0.25, -0.2) is 8.42 Å². The van der Waals surface area contributed by atoms with Crippen molar-refractivity contribution in [2.45, 2.75) is 6.92 Å². The quantitative estimate of drug-likeness (QED) is 0.732. The minimum atomic E-state index is -3.29. The molecule has 0 saturated carbocycles. The number of fused-ring (bicyclic) bond motifs is 1. The number of aryl methyl sites for hydroxylation is 1. The maximum atomic E-state index is 11.7. The molecule has 1 aromatic heterocycles. The number of anilines is 2. The summed E-state index contributed by atoms with van der Waals surface area (Å²) in [5.74, 6) is 0.785. The average Bonchev–Trinajstić information content (AvgIpc) is 2.86. The molecule has 0 radical (unpaired) electrons. The molecule has 6 nitrogen and oxygen atoms in total. The molecule has 3 aromatic rings. The molecule has 132 valence electrons. The largest absolute Gasteiger partial charge is 0.497 e. The third kappa shape index (κ3) is 3.15. The van der Waals surface area contributed by atoms with Crippen LogP contribution in [0.25, 0.3) is 22.2 Å². The minimum absolute atomic E-state index is 0.0345. The number of hydrogen-bond donors (Lipinski definition) is 2. The molecule has 0 spiro atoms. The summed E-state index contributed by atoms with van der Waals surface area (Å²) in [6.07, 6.45) is 0. The standard InChI is InChI=1S/C18H21N3O3S/c1-4-25(22,23)20-13-7-5-12(6-8-13)18-17(19)15-11-14(24-3)9-10-16(15)21(18)2/h5-11,20H,4,19H2,1-3H3. The summed E-state index contributed by atoms with van der Waals surface area (Å²) in [5, 5.41) is 0.924. The van der Waals surface area contributed by atoms with Crippen molar-refractivity contribution in [3.63, 3.8) is 0 Å². The van der Waals surface area contributed by atoms with Crippen molar-refractivity contribution < 1.29 is 13.2 Å². The summed E-state index contributed by atoms with van der Waals surface area (Å²) in [6, 6.07) is 13.0. The van der Waals surface area contributed by atoms with E-state index in [1.165, 1.54) is 0 Å². The zero-order valence-electron chi connectivity index (χ0n) is 14.4. The smallest absolute Gasteiger partial charge is 0.232 e. The molecule has 1 heterocycles. The second kappa shape index (κ2) is 6.33. The van der Waals surface area contributed by atoms with Crippen molar-refractivity contribution in [2.75, 3.05) is 23.3 Å². The molecule has 0 aliphatic rings. The highest BCUT2D eigenvalue weighted by Crippen LogP contribution is 2.37. The first-order valence-corrected chi connectivity index (χ1v) is 9.54. The maximum Gasteiger partial charge on any atom is 0.232 e. The summed E-state index contributed by atoms with van der Waals surface area (Å²) in [7, 11) is 0.287. The Balaban J connectivity index is 2.05. The first kappa shape index (κ1) is 17.2. The molecule has 0 saturated heterocycles. The zero-order chi connectivity index (χ0) is 18.2. The van der Waals surface area contributed by atoms with E-state index in [2.05, 4.69) is 4.72 Å². The number of benzene rings is 2. The number of nitrogen functional groups attached to an aromatic ring is 1. The van der Waals surface area contributed by atoms with E-state index in [1.54, 1.807) is 26.2 Å². The van der Waals surface area contributed by atoms with Gasteiger partial charge in [0.25, 0.3) is 0 Å². The summed E-state index contributed by atoms with van der Waals surface area (Å²) in [5.41, 5.74) is 10.4. The highest BCUT2D eigenvalue weighted by atomic mass is 32.2. The van der Waals surface area contributed by atoms with Crippen molar-refractivity contribution in [1.29, 1.82) is 0 Å². The van der Waals surface area contributed by atoms with Crippen LogP contribution < -0.4 is 15.2 Å². The number of nitrogens with two attached hydrogens (primary N) is 1. The second-order valence-electron chi connectivity index (χ2n) is 5.79. The predicted octanol–water partition coefficient (Wildman–Crippen LogP) is 3.20. The summed E-state index contributed by atoms with van der Waals surface area (Å²) >= 11 is 0. The van der Waals surface area contributed by atoms with Crippen molar-refractivity contribution in [3.05, 3.63) is 42.5 Å². The number of ether oxygens (including phenoxy) is 1. The highest BCUT2D eigenvalue weighted by molar-refractivity contribution is 7.92. The van der Waals surface area contributed by atoms with Crippen LogP contribution >= 0.6 is 0 Å². The average molecular weight is 359 g/mol. The van der Waals surface area contributed by atoms with E-state index in [-0.39, 0.29) is 5.75 Å². The lowest BCUT2D eigenvalue weighted by Crippen LogP contribution is -2.14. The van der Waals surface area contributed by atoms with Crippen molar-refractivity contribution in [3.8, 4) is 17.0 Å². The van der Waals surface area contributed by atoms with E-state index >= 15 is 0 Å². The predicted molar refractivity (Wildman–Crippen MR) is 102 cm³/mol. The molecule has 0 atom stereocenters. The van der Waals surface area contributed by atoms with Crippen LogP contribution in [0, 0.1) is 0 Å². The van der Waals surface area contributed by atoms with Gasteiger partial charge < -0.3 is 15.0 Å². The van der Waals surface area contributed by atoms with Crippen LogP contribution in [0.2, 0.25) is 0 Å². The Morgan fingerprint density at radius 3 is 2.44 bits per heavy atom. The van der Waals surface area contributed by atoms with Gasteiger partial charge in [-0.2, -0.15) is 0 Å². The van der Waals surface area contributed by atoms with Crippen LogP contribution in [-0.4, -0.2) is 25.8 Å². The maximum absolute atomic E-state index is 11.7. The van der Waals surface area contributed by atoms with Crippen LogP contribution in [0.15, 0.2) is 42.5 Å². The minimum Gasteiger partial charge on any atom is -0.497 e. The Morgan fingerprint density at radius 1 is 1.16 bits per heavy atom. The number of nitrogens with zero attached hydrogens (tertiary/aromatic N) is 1. The van der Waals surface area contributed by atoms with Crippen LogP contribution in [0.4, 0.5) is 11.4 Å². The van der Waals surface area contributed by atoms with E-state index in [4.69, 9.17) is 10.5 Å². The van der Waals surface area contributed by atoms with Crippen molar-refractivity contribution in [2.24, 2.45) is 7.05 Å². The van der Waals surface area contributed by atoms with Crippen LogP contribution in [0.3, 0.4) is 0 Å². The van der Waals surface area contributed by atoms with E-state index in [9.17, 15) is 8.42 Å². The Hall–Kier alpha value is -2.67. The molecule has 0 fully saturated rings. The molecule has 3 rings (SSSR count). The third-order valence-corrected chi connectivity index (χ3v) is 5.56. The van der Waals surface area contributed by atoms with Crippen molar-refractivity contribution >= 4 is 32.3 Å². The molecule has 2 aromatic carbocycles. The first-order valence-electron chi connectivity index (χ1n) is 7.89. The van der Waals surface area contributed by atoms with E-state index in [0.717, 1.165) is 27.9 Å². The first-order chi connectivity index (χ1) is 11.9. The molecular weight excluding hydrogens is 338 g/mol. The fraction of sp³-hybridized carbons (Fsp3) is 0.222. The third-order valence-electron chi connectivity index (χ3n) is 4.26. The molecule has 25 heavy (non-hydrogen) atoms. The topological polar surface area (TPSA) is 86.3 Å². The second-order valence-corrected chi connectivity index (χ2v) is 7.80. The molecule has 0 bridgehead atoms. The number of aromatic nitrogens is 1. The summed E-state index contributed by atoms with van der Waals surface area (Å²) in [6.45, 7) is 1.60. The fourth-order valence-corrected chi connectivity index (χ4v) is 3.52. The van der Waals surface area contributed by atoms with Gasteiger partial charge in [-0.3, -0.25) is 4.72 Å². The number of hydrogen-bond acceptors (Lipinski definition) is 4. The number of methoxy groups -OCH3 is 1. The van der Waals surface area contributed by atoms with Crippen LogP contribution in [0.5, 0.6) is 5.75 Å². The van der Waals surface area contributed by atoms with E-state index in [0.29, 0.717) is 11.4 Å². The lowest BCUT2D eigenvalue weighted by atomic mass is 10.1. The van der Waals surface area contributed by atoms with E-state index in [1.807, 2.05) is 41.9 Å². The molecule has 0 unspecified atom stereocenters. The van der Waals surface area contributed by atoms with Gasteiger partial charge in [0.2, 0.25) is 10.0 Å². The molecule has 0 amide bonds. The van der Waals surface area contributed by atoms with Gasteiger partial charge in [0.1, 0.15) is 5.75 Å². The van der Waals surface area contributed by atoms with Gasteiger partial charge in [0.15, 0.2) is 0 Å². The molecule has 0 aliphatic heterocycles. The van der Waals surface area contributed by atoms with Crippen LogP contribution in [0.1, 0.15) is 6.92 Å². The monoisotopic (exact) mass is 359 g/mol. The van der Waals surface area contributed by atoms with Gasteiger partial charge >= 0.3 is 0 Å². The molecular formula is C18H21N3O3S. The lowest BCUT2D eigenvalue weighted by Gasteiger charge is -2.09. The number of sulfonamides is 1. The highest BCUT2D eigenvalue weighted by Gasteiger charge is 2.15. The summed E-state index contributed by atoms with van der Waals surface area (Å²) < 4.78 is 33.2. The van der Waals surface area contributed by atoms with Gasteiger partial charge in [-0.1, -0.05) is 12.1 Å². The van der Waals surface area contributed by atoms with E-state index < -0.39 is 10.0 Å². The SMILES string of the molecule is CCS(=O)(=O)Nc1ccc(-c2c(N)c3cc(OC)ccc3n2C)cc1. The Bertz CT molecular complexity index is 1020. The lowest BCUT2D eigenvalue weighted by molar-refractivity contribution is 0.415. The number of rotatable bonds is 5. The van der Waals surface area contributed by atoms with Gasteiger partial charge in [-0.15, -0.1) is 0 Å². The van der Waals surface area contributed by atoms with Crippen LogP contribution in [-0.2, 0) is 17.1 Å². The Kier molecular flexibility index (Phi) is 4.34. The normalized spacial score (nSPS) is 11.6. The van der Waals surface area contributed by atoms with Crippen molar-refractivity contribution in [1.82, 2.24) is 4.57 Å². The summed E-state index contributed by atoms with van der Waals surface area (Å²) in [4.78, 5) is 0. The fourth-order valence-electron chi connectivity index (χ4n) is 2.88. The molecule has 0 aliphatic carbocycles. The molecule has 7 heteroatoms. The number of nitrogens with one attached hydrogen (secondary N) is 1. The van der Waals surface area contributed by atoms with Gasteiger partial charge in [-0.05, 0) is 37.3 Å². The zero-order valence-corrected chi connectivity index (χ0v) is 15.2. The Labute approximate surface area is 147 Å². The molecule has 3 N–H and O–H groups in total. The van der Waals surface area contributed by atoms with Gasteiger partial charge in [0, 0.05) is 23.7 Å².